The molecule has 0 bridgehead atoms. The number of rotatable bonds is 2. The Kier molecular flexibility index (Phi) is 2.71. The molecule has 7 nitrogen and oxygen atoms in total. The van der Waals surface area contributed by atoms with E-state index in [1.807, 2.05) is 4.98 Å². The highest BCUT2D eigenvalue weighted by atomic mass is 16.4. The highest BCUT2D eigenvalue weighted by molar-refractivity contribution is 5.66. The first kappa shape index (κ1) is 10.7. The van der Waals surface area contributed by atoms with E-state index in [1.54, 1.807) is 6.07 Å². The minimum absolute atomic E-state index is 0.0497. The number of hydrogen-bond donors (Lipinski definition) is 2. The Morgan fingerprint density at radius 3 is 2.67 bits per heavy atom. The first-order chi connectivity index (χ1) is 6.97. The summed E-state index contributed by atoms with van der Waals surface area (Å²) in [6, 6.07) is 1.61. The highest BCUT2D eigenvalue weighted by Gasteiger charge is 2.12. The first-order valence-electron chi connectivity index (χ1n) is 3.93. The smallest absolute Gasteiger partial charge is 0.329 e. The van der Waals surface area contributed by atoms with Crippen molar-refractivity contribution in [3.63, 3.8) is 0 Å². The topological polar surface area (TPSA) is 116 Å². The van der Waals surface area contributed by atoms with Gasteiger partial charge in [0.25, 0.3) is 5.56 Å². The van der Waals surface area contributed by atoms with Crippen LogP contribution in [0, 0.1) is 18.3 Å². The van der Waals surface area contributed by atoms with Crippen molar-refractivity contribution in [2.45, 2.75) is 13.5 Å². The summed E-state index contributed by atoms with van der Waals surface area (Å²) >= 11 is 0. The zero-order chi connectivity index (χ0) is 11.6. The number of aromatic amines is 1. The van der Waals surface area contributed by atoms with Crippen LogP contribution in [-0.4, -0.2) is 20.6 Å². The van der Waals surface area contributed by atoms with Crippen LogP contribution < -0.4 is 11.2 Å². The van der Waals surface area contributed by atoms with Crippen LogP contribution in [0.15, 0.2) is 9.59 Å². The molecule has 0 radical (unpaired) electrons. The molecule has 0 unspecified atom stereocenters. The van der Waals surface area contributed by atoms with Crippen molar-refractivity contribution >= 4 is 5.97 Å². The number of carbonyl (C=O) groups is 1. The lowest BCUT2D eigenvalue weighted by atomic mass is 10.2. The SMILES string of the molecule is Cc1c(C#N)c(=O)[nH]c(=O)n1CC(=O)O. The van der Waals surface area contributed by atoms with Crippen LogP contribution in [0.1, 0.15) is 11.3 Å². The molecule has 0 fully saturated rings. The molecule has 15 heavy (non-hydrogen) atoms. The summed E-state index contributed by atoms with van der Waals surface area (Å²) in [5, 5.41) is 17.1. The largest absolute Gasteiger partial charge is 0.480 e. The van der Waals surface area contributed by atoms with Gasteiger partial charge in [0.15, 0.2) is 0 Å². The number of H-pyrrole nitrogens is 1. The van der Waals surface area contributed by atoms with Gasteiger partial charge in [0.2, 0.25) is 0 Å². The lowest BCUT2D eigenvalue weighted by Crippen LogP contribution is -2.35. The molecular formula is C8H7N3O4. The van der Waals surface area contributed by atoms with E-state index in [0.29, 0.717) is 0 Å². The number of carboxylic acid groups (broad SMARTS) is 1. The van der Waals surface area contributed by atoms with Gasteiger partial charge in [0.1, 0.15) is 18.2 Å². The van der Waals surface area contributed by atoms with E-state index in [9.17, 15) is 14.4 Å². The lowest BCUT2D eigenvalue weighted by Gasteiger charge is -2.06. The van der Waals surface area contributed by atoms with Crippen molar-refractivity contribution < 1.29 is 9.90 Å². The standard InChI is InChI=1S/C8H7N3O4/c1-4-5(2-9)7(14)10-8(15)11(4)3-6(12)13/h3H2,1H3,(H,12,13)(H,10,14,15). The minimum atomic E-state index is -1.23. The number of nitrogens with zero attached hydrogens (tertiary/aromatic N) is 2. The van der Waals surface area contributed by atoms with Gasteiger partial charge in [-0.15, -0.1) is 0 Å². The van der Waals surface area contributed by atoms with Gasteiger partial charge in [-0.25, -0.2) is 4.79 Å². The fraction of sp³-hybridized carbons (Fsp3) is 0.250. The molecule has 7 heteroatoms. The normalized spacial score (nSPS) is 9.60. The van der Waals surface area contributed by atoms with E-state index in [1.165, 1.54) is 6.92 Å². The Balaban J connectivity index is 3.55. The number of aliphatic carboxylic acids is 1. The first-order valence-corrected chi connectivity index (χ1v) is 3.93. The van der Waals surface area contributed by atoms with Crippen LogP contribution in [0.25, 0.3) is 0 Å². The number of aromatic nitrogens is 2. The van der Waals surface area contributed by atoms with Crippen molar-refractivity contribution in [3.05, 3.63) is 32.1 Å². The zero-order valence-electron chi connectivity index (χ0n) is 7.77. The maximum Gasteiger partial charge on any atom is 0.329 e. The van der Waals surface area contributed by atoms with Crippen molar-refractivity contribution in [2.75, 3.05) is 0 Å². The molecule has 78 valence electrons. The zero-order valence-corrected chi connectivity index (χ0v) is 7.77. The summed E-state index contributed by atoms with van der Waals surface area (Å²) in [6.45, 7) is 0.758. The van der Waals surface area contributed by atoms with Crippen LogP contribution in [-0.2, 0) is 11.3 Å². The third-order valence-corrected chi connectivity index (χ3v) is 1.86. The fourth-order valence-electron chi connectivity index (χ4n) is 1.14. The van der Waals surface area contributed by atoms with Gasteiger partial charge in [-0.1, -0.05) is 0 Å². The molecule has 0 aliphatic carbocycles. The second kappa shape index (κ2) is 3.79. The predicted octanol–water partition coefficient (Wildman–Crippen LogP) is -1.20. The van der Waals surface area contributed by atoms with E-state index >= 15 is 0 Å². The molecule has 1 heterocycles. The summed E-state index contributed by atoms with van der Waals surface area (Å²) in [4.78, 5) is 34.6. The summed E-state index contributed by atoms with van der Waals surface area (Å²) < 4.78 is 0.822. The second-order valence-electron chi connectivity index (χ2n) is 2.81. The van der Waals surface area contributed by atoms with E-state index in [-0.39, 0.29) is 11.3 Å². The van der Waals surface area contributed by atoms with E-state index in [4.69, 9.17) is 10.4 Å². The maximum absolute atomic E-state index is 11.2. The summed E-state index contributed by atoms with van der Waals surface area (Å²) in [7, 11) is 0. The molecule has 0 aliphatic heterocycles. The molecule has 0 spiro atoms. The van der Waals surface area contributed by atoms with E-state index < -0.39 is 23.8 Å². The maximum atomic E-state index is 11.2. The Bertz CT molecular complexity index is 561. The predicted molar refractivity (Wildman–Crippen MR) is 48.4 cm³/mol. The third kappa shape index (κ3) is 1.94. The van der Waals surface area contributed by atoms with Crippen molar-refractivity contribution in [1.82, 2.24) is 9.55 Å². The molecule has 0 aliphatic rings. The van der Waals surface area contributed by atoms with Crippen molar-refractivity contribution in [3.8, 4) is 6.07 Å². The van der Waals surface area contributed by atoms with Gasteiger partial charge in [-0.2, -0.15) is 5.26 Å². The van der Waals surface area contributed by atoms with Crippen molar-refractivity contribution in [2.24, 2.45) is 0 Å². The molecule has 1 aromatic rings. The van der Waals surface area contributed by atoms with Crippen LogP contribution in [0.2, 0.25) is 0 Å². The van der Waals surface area contributed by atoms with Crippen LogP contribution >= 0.6 is 0 Å². The number of nitriles is 1. The number of nitrogens with one attached hydrogen (secondary N) is 1. The fourth-order valence-corrected chi connectivity index (χ4v) is 1.14. The van der Waals surface area contributed by atoms with Gasteiger partial charge in [-0.05, 0) is 6.92 Å². The molecule has 0 amide bonds. The summed E-state index contributed by atoms with van der Waals surface area (Å²) in [5.41, 5.74) is -1.84. The Hall–Kier alpha value is -2.36. The van der Waals surface area contributed by atoms with E-state index in [0.717, 1.165) is 4.57 Å². The Labute approximate surface area is 83.2 Å². The average molecular weight is 209 g/mol. The molecule has 1 aromatic heterocycles. The monoisotopic (exact) mass is 209 g/mol. The second-order valence-corrected chi connectivity index (χ2v) is 2.81. The molecular weight excluding hydrogens is 202 g/mol. The highest BCUT2D eigenvalue weighted by Crippen LogP contribution is 1.96. The number of carboxylic acids is 1. The van der Waals surface area contributed by atoms with E-state index in [2.05, 4.69) is 0 Å². The lowest BCUT2D eigenvalue weighted by molar-refractivity contribution is -0.137. The quantitative estimate of drug-likeness (QED) is 0.634. The molecule has 0 saturated heterocycles. The van der Waals surface area contributed by atoms with Gasteiger partial charge in [-0.3, -0.25) is 19.1 Å². The van der Waals surface area contributed by atoms with Gasteiger partial charge in [0, 0.05) is 5.69 Å². The molecule has 1 rings (SSSR count). The van der Waals surface area contributed by atoms with Crippen LogP contribution in [0.4, 0.5) is 0 Å². The van der Waals surface area contributed by atoms with Gasteiger partial charge in [0.05, 0.1) is 0 Å². The molecule has 0 aromatic carbocycles. The Morgan fingerprint density at radius 1 is 1.60 bits per heavy atom. The van der Waals surface area contributed by atoms with Crippen molar-refractivity contribution in [1.29, 1.82) is 5.26 Å². The molecule has 0 atom stereocenters. The van der Waals surface area contributed by atoms with Gasteiger partial charge >= 0.3 is 11.7 Å². The third-order valence-electron chi connectivity index (χ3n) is 1.86. The minimum Gasteiger partial charge on any atom is -0.480 e. The number of hydrogen-bond acceptors (Lipinski definition) is 4. The summed E-state index contributed by atoms with van der Waals surface area (Å²) in [6.07, 6.45) is 0. The molecule has 2 N–H and O–H groups in total. The van der Waals surface area contributed by atoms with Crippen LogP contribution in [0.5, 0.6) is 0 Å². The van der Waals surface area contributed by atoms with Crippen LogP contribution in [0.3, 0.4) is 0 Å². The Morgan fingerprint density at radius 2 is 2.20 bits per heavy atom. The molecule has 0 saturated carbocycles. The average Bonchev–Trinajstić information content (AvgIpc) is 2.12. The van der Waals surface area contributed by atoms with Gasteiger partial charge < -0.3 is 5.11 Å². The summed E-state index contributed by atoms with van der Waals surface area (Å²) in [5.74, 6) is -1.23.